The van der Waals surface area contributed by atoms with Crippen LogP contribution in [-0.2, 0) is 11.0 Å². The van der Waals surface area contributed by atoms with Crippen LogP contribution in [0.25, 0.3) is 11.2 Å². The van der Waals surface area contributed by atoms with Crippen molar-refractivity contribution in [2.45, 2.75) is 12.5 Å². The van der Waals surface area contributed by atoms with E-state index in [1.54, 1.807) is 0 Å². The van der Waals surface area contributed by atoms with Crippen LogP contribution in [0.2, 0.25) is 0 Å². The first kappa shape index (κ1) is 19.6. The maximum absolute atomic E-state index is 12.3. The molecule has 0 spiro atoms. The van der Waals surface area contributed by atoms with E-state index in [1.807, 2.05) is 30.3 Å². The Morgan fingerprint density at radius 3 is 2.42 bits per heavy atom. The highest BCUT2D eigenvalue weighted by Crippen LogP contribution is 2.25. The Morgan fingerprint density at radius 1 is 1.19 bits per heavy atom. The predicted molar refractivity (Wildman–Crippen MR) is 92.8 cm³/mol. The Hall–Kier alpha value is -2.69. The summed E-state index contributed by atoms with van der Waals surface area (Å²) in [5.41, 5.74) is 13.6. The second-order valence-electron chi connectivity index (χ2n) is 5.21. The SMILES string of the molecule is Nc1nc(C(=O)[C@@H](N)Cc2ccccc2)nc2nc[nH]c12.O=P(O)(O)O. The van der Waals surface area contributed by atoms with E-state index in [0.29, 0.717) is 17.6 Å². The van der Waals surface area contributed by atoms with E-state index in [0.717, 1.165) is 5.56 Å². The minimum Gasteiger partial charge on any atom is -0.382 e. The molecule has 0 saturated heterocycles. The molecule has 0 amide bonds. The van der Waals surface area contributed by atoms with Crippen LogP contribution in [0.15, 0.2) is 36.7 Å². The second-order valence-corrected chi connectivity index (χ2v) is 6.23. The van der Waals surface area contributed by atoms with Gasteiger partial charge in [-0.2, -0.15) is 0 Å². The van der Waals surface area contributed by atoms with E-state index < -0.39 is 13.9 Å². The number of nitrogens with zero attached hydrogens (tertiary/aromatic N) is 3. The largest absolute Gasteiger partial charge is 0.466 e. The first-order chi connectivity index (χ1) is 12.1. The highest BCUT2D eigenvalue weighted by atomic mass is 31.2. The van der Waals surface area contributed by atoms with E-state index in [1.165, 1.54) is 6.33 Å². The van der Waals surface area contributed by atoms with Crippen molar-refractivity contribution < 1.29 is 24.0 Å². The molecule has 1 aromatic carbocycles. The number of phosphoric acid groups is 1. The number of nitrogen functional groups attached to an aromatic ring is 1. The van der Waals surface area contributed by atoms with Crippen molar-refractivity contribution in [1.82, 2.24) is 19.9 Å². The molecule has 3 rings (SSSR count). The monoisotopic (exact) mass is 380 g/mol. The minimum atomic E-state index is -4.64. The lowest BCUT2D eigenvalue weighted by atomic mass is 10.0. The maximum Gasteiger partial charge on any atom is 0.466 e. The van der Waals surface area contributed by atoms with Gasteiger partial charge in [-0.3, -0.25) is 4.79 Å². The number of carbonyl (C=O) groups is 1. The van der Waals surface area contributed by atoms with Gasteiger partial charge in [0, 0.05) is 0 Å². The second kappa shape index (κ2) is 8.13. The summed E-state index contributed by atoms with van der Waals surface area (Å²) in [6.07, 6.45) is 1.87. The molecule has 0 aliphatic heterocycles. The Morgan fingerprint density at radius 2 is 1.81 bits per heavy atom. The summed E-state index contributed by atoms with van der Waals surface area (Å²) in [5, 5.41) is 0. The molecule has 8 N–H and O–H groups in total. The van der Waals surface area contributed by atoms with Crippen molar-refractivity contribution in [3.8, 4) is 0 Å². The number of ketones is 1. The number of hydrogen-bond donors (Lipinski definition) is 6. The average Bonchev–Trinajstić information content (AvgIpc) is 3.02. The molecular formula is C14H17N6O5P. The van der Waals surface area contributed by atoms with Gasteiger partial charge in [-0.05, 0) is 12.0 Å². The van der Waals surface area contributed by atoms with Crippen molar-refractivity contribution in [3.63, 3.8) is 0 Å². The van der Waals surface area contributed by atoms with Crippen LogP contribution in [0.1, 0.15) is 16.2 Å². The molecule has 0 aliphatic rings. The standard InChI is InChI=1S/C14H14N6O.H3O4P/c15-9(6-8-4-2-1-3-5-8)11(21)14-19-12(16)10-13(20-14)18-7-17-10;1-5(2,3)4/h1-5,7,9H,6,15H2,(H3,16,17,18,19,20);(H3,1,2,3,4)/t9-;/m0./s1. The Labute approximate surface area is 147 Å². The molecule has 0 unspecified atom stereocenters. The molecule has 0 fully saturated rings. The van der Waals surface area contributed by atoms with Gasteiger partial charge in [-0.15, -0.1) is 0 Å². The highest BCUT2D eigenvalue weighted by Gasteiger charge is 2.21. The van der Waals surface area contributed by atoms with Crippen molar-refractivity contribution in [2.24, 2.45) is 5.73 Å². The maximum atomic E-state index is 12.3. The zero-order valence-electron chi connectivity index (χ0n) is 13.4. The topological polar surface area (TPSA) is 201 Å². The number of imidazole rings is 1. The van der Waals surface area contributed by atoms with Gasteiger partial charge in [0.2, 0.25) is 11.6 Å². The fraction of sp³-hybridized carbons (Fsp3) is 0.143. The molecule has 0 bridgehead atoms. The van der Waals surface area contributed by atoms with Crippen LogP contribution < -0.4 is 11.5 Å². The smallest absolute Gasteiger partial charge is 0.382 e. The highest BCUT2D eigenvalue weighted by molar-refractivity contribution is 7.45. The van der Waals surface area contributed by atoms with Gasteiger partial charge in [0.15, 0.2) is 11.5 Å². The summed E-state index contributed by atoms with van der Waals surface area (Å²) in [6, 6.07) is 8.82. The number of rotatable bonds is 4. The molecule has 0 aliphatic carbocycles. The summed E-state index contributed by atoms with van der Waals surface area (Å²) in [7, 11) is -4.64. The van der Waals surface area contributed by atoms with E-state index in [-0.39, 0.29) is 17.4 Å². The van der Waals surface area contributed by atoms with Crippen molar-refractivity contribution >= 4 is 30.6 Å². The van der Waals surface area contributed by atoms with Crippen molar-refractivity contribution in [1.29, 1.82) is 0 Å². The number of nitrogens with one attached hydrogen (secondary N) is 1. The number of aromatic nitrogens is 4. The normalized spacial score (nSPS) is 12.3. The molecule has 12 heteroatoms. The van der Waals surface area contributed by atoms with E-state index >= 15 is 0 Å². The van der Waals surface area contributed by atoms with Crippen LogP contribution in [-0.4, -0.2) is 46.4 Å². The molecule has 3 aromatic rings. The fourth-order valence-electron chi connectivity index (χ4n) is 2.09. The van der Waals surface area contributed by atoms with Crippen LogP contribution in [0.5, 0.6) is 0 Å². The van der Waals surface area contributed by atoms with Gasteiger partial charge in [-0.25, -0.2) is 19.5 Å². The van der Waals surface area contributed by atoms with Crippen LogP contribution in [0.3, 0.4) is 0 Å². The van der Waals surface area contributed by atoms with Crippen molar-refractivity contribution in [2.75, 3.05) is 5.73 Å². The number of fused-ring (bicyclic) bond motifs is 1. The summed E-state index contributed by atoms with van der Waals surface area (Å²) >= 11 is 0. The molecular weight excluding hydrogens is 363 g/mol. The van der Waals surface area contributed by atoms with Crippen molar-refractivity contribution in [3.05, 3.63) is 48.0 Å². The number of nitrogens with two attached hydrogens (primary N) is 2. The third-order valence-corrected chi connectivity index (χ3v) is 3.17. The number of H-pyrrole nitrogens is 1. The first-order valence-corrected chi connectivity index (χ1v) is 8.80. The summed E-state index contributed by atoms with van der Waals surface area (Å²) in [5.74, 6) is -0.168. The molecule has 2 heterocycles. The van der Waals surface area contributed by atoms with Gasteiger partial charge in [-0.1, -0.05) is 30.3 Å². The quantitative estimate of drug-likeness (QED) is 0.259. The van der Waals surface area contributed by atoms with Crippen LogP contribution in [0, 0.1) is 0 Å². The first-order valence-electron chi connectivity index (χ1n) is 7.23. The Balaban J connectivity index is 0.000000431. The number of anilines is 1. The van der Waals surface area contributed by atoms with Gasteiger partial charge < -0.3 is 31.1 Å². The molecule has 0 radical (unpaired) electrons. The lowest BCUT2D eigenvalue weighted by Crippen LogP contribution is -2.34. The predicted octanol–water partition coefficient (Wildman–Crippen LogP) is -0.241. The van der Waals surface area contributed by atoms with Gasteiger partial charge >= 0.3 is 7.82 Å². The third kappa shape index (κ3) is 5.69. The summed E-state index contributed by atoms with van der Waals surface area (Å²) < 4.78 is 8.88. The van der Waals surface area contributed by atoms with Crippen LogP contribution in [0.4, 0.5) is 5.82 Å². The Bertz CT molecular complexity index is 933. The zero-order valence-corrected chi connectivity index (χ0v) is 14.2. The van der Waals surface area contributed by atoms with E-state index in [4.69, 9.17) is 30.7 Å². The number of hydrogen-bond acceptors (Lipinski definition) is 7. The summed E-state index contributed by atoms with van der Waals surface area (Å²) in [4.78, 5) is 48.8. The number of benzene rings is 1. The van der Waals surface area contributed by atoms with Gasteiger partial charge in [0.25, 0.3) is 0 Å². The zero-order chi connectivity index (χ0) is 19.3. The number of aromatic amines is 1. The fourth-order valence-corrected chi connectivity index (χ4v) is 2.09. The average molecular weight is 380 g/mol. The molecule has 0 saturated carbocycles. The number of carbonyl (C=O) groups excluding carboxylic acids is 1. The lowest BCUT2D eigenvalue weighted by molar-refractivity contribution is 0.0951. The van der Waals surface area contributed by atoms with E-state index in [2.05, 4.69) is 19.9 Å². The lowest BCUT2D eigenvalue weighted by Gasteiger charge is -2.10. The third-order valence-electron chi connectivity index (χ3n) is 3.17. The minimum absolute atomic E-state index is 0.00414. The molecule has 1 atom stereocenters. The van der Waals surface area contributed by atoms with E-state index in [9.17, 15) is 4.79 Å². The molecule has 138 valence electrons. The van der Waals surface area contributed by atoms with Crippen LogP contribution >= 0.6 is 7.82 Å². The molecule has 2 aromatic heterocycles. The molecule has 11 nitrogen and oxygen atoms in total. The van der Waals surface area contributed by atoms with Gasteiger partial charge in [0.05, 0.1) is 12.4 Å². The number of Topliss-reactive ketones (excluding diaryl/α,β-unsaturated/α-hetero) is 1. The molecule has 26 heavy (non-hydrogen) atoms. The Kier molecular flexibility index (Phi) is 6.14. The summed E-state index contributed by atoms with van der Waals surface area (Å²) in [6.45, 7) is 0. The van der Waals surface area contributed by atoms with Gasteiger partial charge in [0.1, 0.15) is 5.52 Å².